The van der Waals surface area contributed by atoms with Crippen LogP contribution in [0.25, 0.3) is 0 Å². The van der Waals surface area contributed by atoms with Crippen molar-refractivity contribution < 1.29 is 21.6 Å². The number of halogens is 3. The van der Waals surface area contributed by atoms with E-state index in [9.17, 15) is 21.6 Å². The predicted molar refractivity (Wildman–Crippen MR) is 75.1 cm³/mol. The molecule has 0 radical (unpaired) electrons. The summed E-state index contributed by atoms with van der Waals surface area (Å²) in [5.41, 5.74) is 0. The molecule has 1 heterocycles. The molecule has 0 aromatic carbocycles. The Morgan fingerprint density at radius 2 is 2.00 bits per heavy atom. The Labute approximate surface area is 124 Å². The third kappa shape index (κ3) is 7.44. The highest BCUT2D eigenvalue weighted by Gasteiger charge is 2.31. The highest BCUT2D eigenvalue weighted by Crippen LogP contribution is 2.20. The van der Waals surface area contributed by atoms with Gasteiger partial charge in [0.25, 0.3) is 10.2 Å². The summed E-state index contributed by atoms with van der Waals surface area (Å²) in [6.07, 6.45) is -2.82. The normalized spacial score (nSPS) is 21.6. The lowest BCUT2D eigenvalue weighted by atomic mass is 10.00. The molecule has 1 unspecified atom stereocenters. The maximum absolute atomic E-state index is 12.1. The van der Waals surface area contributed by atoms with Crippen molar-refractivity contribution in [2.75, 3.05) is 32.7 Å². The Hall–Kier alpha value is -0.380. The van der Waals surface area contributed by atoms with Gasteiger partial charge in [-0.15, -0.1) is 0 Å². The second kappa shape index (κ2) is 8.30. The zero-order valence-corrected chi connectivity index (χ0v) is 13.1. The molecule has 126 valence electrons. The monoisotopic (exact) mass is 331 g/mol. The second-order valence-corrected chi connectivity index (χ2v) is 7.09. The predicted octanol–water partition coefficient (Wildman–Crippen LogP) is 1.48. The molecule has 9 heteroatoms. The summed E-state index contributed by atoms with van der Waals surface area (Å²) < 4.78 is 63.4. The van der Waals surface area contributed by atoms with Crippen LogP contribution in [-0.4, -0.2) is 51.6 Å². The van der Waals surface area contributed by atoms with E-state index in [4.69, 9.17) is 0 Å². The van der Waals surface area contributed by atoms with Gasteiger partial charge in [0.05, 0.1) is 6.42 Å². The van der Waals surface area contributed by atoms with Crippen molar-refractivity contribution >= 4 is 10.2 Å². The summed E-state index contributed by atoms with van der Waals surface area (Å²) in [7, 11) is -3.81. The standard InChI is InChI=1S/C12H24F3N3O2S/c1-2-6-16-9-11-4-3-8-18(10-11)21(19,20)17-7-5-12(13,14)15/h11,16-17H,2-10H2,1H3. The van der Waals surface area contributed by atoms with Gasteiger partial charge in [-0.25, -0.2) is 4.72 Å². The van der Waals surface area contributed by atoms with Crippen LogP contribution in [0.2, 0.25) is 0 Å². The Morgan fingerprint density at radius 1 is 1.29 bits per heavy atom. The van der Waals surface area contributed by atoms with Gasteiger partial charge in [0.2, 0.25) is 0 Å². The van der Waals surface area contributed by atoms with Crippen molar-refractivity contribution in [2.45, 2.75) is 38.8 Å². The molecule has 5 nitrogen and oxygen atoms in total. The highest BCUT2D eigenvalue weighted by molar-refractivity contribution is 7.87. The molecule has 0 aliphatic carbocycles. The van der Waals surface area contributed by atoms with E-state index < -0.39 is 29.4 Å². The first-order valence-corrected chi connectivity index (χ1v) is 8.71. The highest BCUT2D eigenvalue weighted by atomic mass is 32.2. The lowest BCUT2D eigenvalue weighted by molar-refractivity contribution is -0.132. The molecule has 1 rings (SSSR count). The quantitative estimate of drug-likeness (QED) is 0.663. The molecular weight excluding hydrogens is 307 g/mol. The molecule has 1 saturated heterocycles. The zero-order valence-electron chi connectivity index (χ0n) is 12.2. The van der Waals surface area contributed by atoms with Crippen LogP contribution < -0.4 is 10.0 Å². The van der Waals surface area contributed by atoms with E-state index in [0.717, 1.165) is 32.4 Å². The lowest BCUT2D eigenvalue weighted by Gasteiger charge is -2.32. The molecule has 0 bridgehead atoms. The third-order valence-corrected chi connectivity index (χ3v) is 4.95. The maximum Gasteiger partial charge on any atom is 0.390 e. The number of nitrogens with one attached hydrogen (secondary N) is 2. The van der Waals surface area contributed by atoms with Gasteiger partial charge in [-0.3, -0.25) is 0 Å². The molecule has 1 fully saturated rings. The molecule has 0 aromatic heterocycles. The average Bonchev–Trinajstić information content (AvgIpc) is 2.37. The summed E-state index contributed by atoms with van der Waals surface area (Å²) in [6.45, 7) is 3.79. The maximum atomic E-state index is 12.1. The lowest BCUT2D eigenvalue weighted by Crippen LogP contribution is -2.48. The molecule has 2 N–H and O–H groups in total. The fourth-order valence-corrected chi connectivity index (χ4v) is 3.63. The average molecular weight is 331 g/mol. The SMILES string of the molecule is CCCNCC1CCCN(S(=O)(=O)NCCC(F)(F)F)C1. The number of alkyl halides is 3. The van der Waals surface area contributed by atoms with E-state index in [1.165, 1.54) is 4.31 Å². The molecular formula is C12H24F3N3O2S. The number of piperidine rings is 1. The van der Waals surface area contributed by atoms with Crippen molar-refractivity contribution in [1.29, 1.82) is 0 Å². The smallest absolute Gasteiger partial charge is 0.316 e. The number of rotatable bonds is 8. The van der Waals surface area contributed by atoms with Gasteiger partial charge in [0.1, 0.15) is 0 Å². The molecule has 0 aromatic rings. The molecule has 1 atom stereocenters. The van der Waals surface area contributed by atoms with Crippen LogP contribution in [0.15, 0.2) is 0 Å². The molecule has 0 saturated carbocycles. The number of hydrogen-bond acceptors (Lipinski definition) is 3. The fourth-order valence-electron chi connectivity index (χ4n) is 2.31. The minimum Gasteiger partial charge on any atom is -0.316 e. The number of hydrogen-bond donors (Lipinski definition) is 2. The first-order valence-electron chi connectivity index (χ1n) is 7.27. The summed E-state index contributed by atoms with van der Waals surface area (Å²) in [6, 6.07) is 0. The second-order valence-electron chi connectivity index (χ2n) is 5.33. The molecule has 21 heavy (non-hydrogen) atoms. The van der Waals surface area contributed by atoms with Gasteiger partial charge in [-0.1, -0.05) is 6.92 Å². The van der Waals surface area contributed by atoms with Crippen molar-refractivity contribution in [3.8, 4) is 0 Å². The fraction of sp³-hybridized carbons (Fsp3) is 1.00. The first kappa shape index (κ1) is 18.7. The van der Waals surface area contributed by atoms with E-state index in [0.29, 0.717) is 13.1 Å². The zero-order chi connectivity index (χ0) is 15.9. The Kier molecular flexibility index (Phi) is 7.38. The molecule has 0 amide bonds. The van der Waals surface area contributed by atoms with Gasteiger partial charge in [-0.2, -0.15) is 25.9 Å². The van der Waals surface area contributed by atoms with Gasteiger partial charge in [0, 0.05) is 19.6 Å². The van der Waals surface area contributed by atoms with Gasteiger partial charge in [-0.05, 0) is 38.3 Å². The van der Waals surface area contributed by atoms with E-state index in [1.807, 2.05) is 4.72 Å². The first-order chi connectivity index (χ1) is 9.74. The molecule has 0 spiro atoms. The van der Waals surface area contributed by atoms with Gasteiger partial charge < -0.3 is 5.32 Å². The van der Waals surface area contributed by atoms with E-state index in [1.54, 1.807) is 0 Å². The van der Waals surface area contributed by atoms with Crippen LogP contribution >= 0.6 is 0 Å². The summed E-state index contributed by atoms with van der Waals surface area (Å²) in [4.78, 5) is 0. The molecule has 1 aliphatic rings. The van der Waals surface area contributed by atoms with E-state index in [-0.39, 0.29) is 5.92 Å². The van der Waals surface area contributed by atoms with Crippen LogP contribution in [0, 0.1) is 5.92 Å². The van der Waals surface area contributed by atoms with Crippen LogP contribution in [-0.2, 0) is 10.2 Å². The largest absolute Gasteiger partial charge is 0.390 e. The third-order valence-electron chi connectivity index (χ3n) is 3.37. The Balaban J connectivity index is 2.42. The van der Waals surface area contributed by atoms with Gasteiger partial charge in [0.15, 0.2) is 0 Å². The summed E-state index contributed by atoms with van der Waals surface area (Å²) >= 11 is 0. The topological polar surface area (TPSA) is 61.4 Å². The van der Waals surface area contributed by atoms with Crippen LogP contribution in [0.4, 0.5) is 13.2 Å². The van der Waals surface area contributed by atoms with Crippen LogP contribution in [0.5, 0.6) is 0 Å². The van der Waals surface area contributed by atoms with Crippen molar-refractivity contribution in [3.63, 3.8) is 0 Å². The van der Waals surface area contributed by atoms with E-state index >= 15 is 0 Å². The summed E-state index contributed by atoms with van der Waals surface area (Å²) in [5.74, 6) is 0.212. The minimum absolute atomic E-state index is 0.212. The minimum atomic E-state index is -4.35. The Bertz CT molecular complexity index is 401. The van der Waals surface area contributed by atoms with Crippen LogP contribution in [0.1, 0.15) is 32.6 Å². The van der Waals surface area contributed by atoms with Crippen molar-refractivity contribution in [2.24, 2.45) is 5.92 Å². The summed E-state index contributed by atoms with van der Waals surface area (Å²) in [5, 5.41) is 3.25. The van der Waals surface area contributed by atoms with Crippen molar-refractivity contribution in [3.05, 3.63) is 0 Å². The van der Waals surface area contributed by atoms with Gasteiger partial charge >= 0.3 is 6.18 Å². The van der Waals surface area contributed by atoms with Crippen LogP contribution in [0.3, 0.4) is 0 Å². The molecule has 1 aliphatic heterocycles. The Morgan fingerprint density at radius 3 is 2.62 bits per heavy atom. The van der Waals surface area contributed by atoms with Crippen molar-refractivity contribution in [1.82, 2.24) is 14.3 Å². The number of nitrogens with zero attached hydrogens (tertiary/aromatic N) is 1. The van der Waals surface area contributed by atoms with E-state index in [2.05, 4.69) is 12.2 Å².